The third-order valence-electron chi connectivity index (χ3n) is 5.13. The number of allylic oxidation sites excluding steroid dienone is 3. The number of aliphatic hydroxyl groups excluding tert-OH is 2. The largest absolute Gasteiger partial charge is 0.463 e. The summed E-state index contributed by atoms with van der Waals surface area (Å²) in [5.74, 6) is 1.23. The zero-order chi connectivity index (χ0) is 23.2. The van der Waals surface area contributed by atoms with Crippen LogP contribution in [0, 0.1) is 11.8 Å². The Kier molecular flexibility index (Phi) is 23.3. The fourth-order valence-electron chi connectivity index (χ4n) is 3.66. The number of rotatable bonds is 13. The maximum absolute atomic E-state index is 11.5. The minimum absolute atomic E-state index is 0.0180. The third kappa shape index (κ3) is 17.7. The third-order valence-corrected chi connectivity index (χ3v) is 5.13. The minimum Gasteiger partial charge on any atom is -0.463 e. The zero-order valence-electron chi connectivity index (χ0n) is 20.6. The highest BCUT2D eigenvalue weighted by molar-refractivity contribution is 5.69. The van der Waals surface area contributed by atoms with Crippen LogP contribution in [0.2, 0.25) is 0 Å². The minimum atomic E-state index is -0.274. The van der Waals surface area contributed by atoms with Crippen molar-refractivity contribution >= 4 is 5.97 Å². The molecular formula is C26H50O4. The molecule has 0 radical (unpaired) electrons. The molecule has 0 aromatic carbocycles. The number of ether oxygens (including phenoxy) is 1. The summed E-state index contributed by atoms with van der Waals surface area (Å²) >= 11 is 0. The first-order valence-corrected chi connectivity index (χ1v) is 12.2. The predicted molar refractivity (Wildman–Crippen MR) is 128 cm³/mol. The molecule has 0 spiro atoms. The van der Waals surface area contributed by atoms with Gasteiger partial charge in [-0.25, -0.2) is 0 Å². The van der Waals surface area contributed by atoms with Gasteiger partial charge in [0, 0.05) is 13.5 Å². The molecule has 4 heteroatoms. The Bertz CT molecular complexity index is 429. The molecule has 0 aromatic rings. The fraction of sp³-hybridized carbons (Fsp3) is 0.808. The Hall–Kier alpha value is -1.13. The topological polar surface area (TPSA) is 66.8 Å². The molecule has 1 unspecified atom stereocenters. The Morgan fingerprint density at radius 2 is 1.80 bits per heavy atom. The highest BCUT2D eigenvalue weighted by atomic mass is 16.5. The second-order valence-corrected chi connectivity index (χ2v) is 7.94. The van der Waals surface area contributed by atoms with E-state index in [1.807, 2.05) is 33.8 Å². The van der Waals surface area contributed by atoms with Crippen LogP contribution in [-0.4, -0.2) is 35.5 Å². The van der Waals surface area contributed by atoms with Crippen LogP contribution in [0.25, 0.3) is 0 Å². The molecule has 1 aliphatic carbocycles. The summed E-state index contributed by atoms with van der Waals surface area (Å²) in [6, 6.07) is 0. The molecule has 1 aliphatic rings. The van der Waals surface area contributed by atoms with E-state index in [0.717, 1.165) is 39.2 Å². The van der Waals surface area contributed by atoms with E-state index in [0.29, 0.717) is 18.3 Å². The molecule has 2 N–H and O–H groups in total. The maximum atomic E-state index is 11.5. The number of esters is 1. The smallest absolute Gasteiger partial charge is 0.306 e. The fourth-order valence-corrected chi connectivity index (χ4v) is 3.66. The molecule has 1 saturated carbocycles. The van der Waals surface area contributed by atoms with Crippen LogP contribution in [0.4, 0.5) is 0 Å². The molecule has 0 aromatic heterocycles. The number of hydrogen-bond donors (Lipinski definition) is 2. The first-order valence-electron chi connectivity index (χ1n) is 12.2. The molecule has 1 rings (SSSR count). The van der Waals surface area contributed by atoms with Gasteiger partial charge >= 0.3 is 5.97 Å². The summed E-state index contributed by atoms with van der Waals surface area (Å²) < 4.78 is 5.14. The van der Waals surface area contributed by atoms with E-state index in [1.165, 1.54) is 32.1 Å². The van der Waals surface area contributed by atoms with Crippen molar-refractivity contribution in [3.63, 3.8) is 0 Å². The number of unbranched alkanes of at least 4 members (excludes halogenated alkanes) is 3. The van der Waals surface area contributed by atoms with Gasteiger partial charge in [-0.05, 0) is 64.2 Å². The first kappa shape index (κ1) is 31.1. The van der Waals surface area contributed by atoms with Gasteiger partial charge in [-0.3, -0.25) is 4.79 Å². The van der Waals surface area contributed by atoms with Crippen molar-refractivity contribution < 1.29 is 19.7 Å². The Balaban J connectivity index is 0. The summed E-state index contributed by atoms with van der Waals surface area (Å²) in [4.78, 5) is 11.5. The molecular weight excluding hydrogens is 376 g/mol. The predicted octanol–water partition coefficient (Wildman–Crippen LogP) is 6.60. The van der Waals surface area contributed by atoms with Gasteiger partial charge < -0.3 is 14.9 Å². The molecule has 0 amide bonds. The first-order chi connectivity index (χ1) is 14.5. The van der Waals surface area contributed by atoms with Gasteiger partial charge in [0.05, 0.1) is 12.2 Å². The molecule has 1 fully saturated rings. The average Bonchev–Trinajstić information content (AvgIpc) is 3.19. The van der Waals surface area contributed by atoms with Crippen LogP contribution >= 0.6 is 0 Å². The van der Waals surface area contributed by atoms with Crippen LogP contribution in [0.15, 0.2) is 24.3 Å². The molecule has 178 valence electrons. The van der Waals surface area contributed by atoms with Gasteiger partial charge in [0.1, 0.15) is 0 Å². The van der Waals surface area contributed by atoms with E-state index in [2.05, 4.69) is 25.2 Å². The maximum Gasteiger partial charge on any atom is 0.306 e. The highest BCUT2D eigenvalue weighted by Gasteiger charge is 2.24. The molecule has 0 saturated heterocycles. The summed E-state index contributed by atoms with van der Waals surface area (Å²) in [5, 5.41) is 17.1. The number of carbonyl (C=O) groups excluding carboxylic acids is 1. The van der Waals surface area contributed by atoms with Crippen molar-refractivity contribution in [2.24, 2.45) is 11.8 Å². The van der Waals surface area contributed by atoms with E-state index in [-0.39, 0.29) is 18.2 Å². The standard InChI is InChI=1S/C23H40O3.C2H6.CH4O/c1-4-5-8-15-22(24)18-17-21-14-11-13-20(21)12-9-6-7-10-16-23(25)26-19(2)3;2*1-2/h6,9,17-22,24H,4-5,7-8,10-16H2,1-3H3;1-2H3;2H,1H3/b9-6-,18-17+;;/t20-,21?,22-;;/m0../s1. The van der Waals surface area contributed by atoms with E-state index < -0.39 is 0 Å². The lowest BCUT2D eigenvalue weighted by molar-refractivity contribution is -0.147. The second-order valence-electron chi connectivity index (χ2n) is 7.94. The molecule has 30 heavy (non-hydrogen) atoms. The van der Waals surface area contributed by atoms with Crippen molar-refractivity contribution in [1.82, 2.24) is 0 Å². The van der Waals surface area contributed by atoms with Crippen molar-refractivity contribution in [2.75, 3.05) is 7.11 Å². The van der Waals surface area contributed by atoms with Gasteiger partial charge in [0.15, 0.2) is 0 Å². The number of hydrogen-bond acceptors (Lipinski definition) is 4. The Morgan fingerprint density at radius 1 is 1.10 bits per heavy atom. The summed E-state index contributed by atoms with van der Waals surface area (Å²) in [5.41, 5.74) is 0. The summed E-state index contributed by atoms with van der Waals surface area (Å²) in [6.07, 6.45) is 20.1. The van der Waals surface area contributed by atoms with Gasteiger partial charge in [0.2, 0.25) is 0 Å². The van der Waals surface area contributed by atoms with Crippen LogP contribution < -0.4 is 0 Å². The highest BCUT2D eigenvalue weighted by Crippen LogP contribution is 2.35. The Labute approximate surface area is 186 Å². The SMILES string of the molecule is CC.CCCCC[C@H](O)/C=C/C1CCC[C@@H]1C/C=C\CCCC(=O)OC(C)C.CO. The lowest BCUT2D eigenvalue weighted by Crippen LogP contribution is -2.10. The molecule has 0 aliphatic heterocycles. The lowest BCUT2D eigenvalue weighted by Gasteiger charge is -2.15. The molecule has 0 heterocycles. The van der Waals surface area contributed by atoms with E-state index in [1.54, 1.807) is 0 Å². The van der Waals surface area contributed by atoms with Crippen molar-refractivity contribution in [1.29, 1.82) is 0 Å². The van der Waals surface area contributed by atoms with Crippen molar-refractivity contribution in [2.45, 2.75) is 117 Å². The van der Waals surface area contributed by atoms with Gasteiger partial charge in [-0.2, -0.15) is 0 Å². The summed E-state index contributed by atoms with van der Waals surface area (Å²) in [7, 11) is 1.00. The molecule has 0 bridgehead atoms. The lowest BCUT2D eigenvalue weighted by atomic mass is 9.91. The van der Waals surface area contributed by atoms with E-state index in [9.17, 15) is 9.90 Å². The quantitative estimate of drug-likeness (QED) is 0.198. The van der Waals surface area contributed by atoms with Crippen LogP contribution in [0.1, 0.15) is 105 Å². The number of aliphatic hydroxyl groups is 2. The molecule has 4 nitrogen and oxygen atoms in total. The number of carbonyl (C=O) groups is 1. The van der Waals surface area contributed by atoms with Crippen molar-refractivity contribution in [3.8, 4) is 0 Å². The normalized spacial score (nSPS) is 19.4. The van der Waals surface area contributed by atoms with Crippen LogP contribution in [0.5, 0.6) is 0 Å². The zero-order valence-corrected chi connectivity index (χ0v) is 20.6. The monoisotopic (exact) mass is 426 g/mol. The second kappa shape index (κ2) is 22.6. The van der Waals surface area contributed by atoms with E-state index >= 15 is 0 Å². The molecule has 3 atom stereocenters. The van der Waals surface area contributed by atoms with E-state index in [4.69, 9.17) is 9.84 Å². The van der Waals surface area contributed by atoms with Crippen LogP contribution in [0.3, 0.4) is 0 Å². The van der Waals surface area contributed by atoms with Crippen LogP contribution in [-0.2, 0) is 9.53 Å². The summed E-state index contributed by atoms with van der Waals surface area (Å²) in [6.45, 7) is 9.96. The van der Waals surface area contributed by atoms with Gasteiger partial charge in [-0.1, -0.05) is 70.8 Å². The van der Waals surface area contributed by atoms with Crippen molar-refractivity contribution in [3.05, 3.63) is 24.3 Å². The average molecular weight is 427 g/mol. The van der Waals surface area contributed by atoms with Gasteiger partial charge in [0.25, 0.3) is 0 Å². The van der Waals surface area contributed by atoms with Gasteiger partial charge in [-0.15, -0.1) is 0 Å². The Morgan fingerprint density at radius 3 is 2.43 bits per heavy atom.